The lowest BCUT2D eigenvalue weighted by Crippen LogP contribution is -2.45. The summed E-state index contributed by atoms with van der Waals surface area (Å²) in [4.78, 5) is 25.3. The summed E-state index contributed by atoms with van der Waals surface area (Å²) in [6.45, 7) is 11.2. The molecule has 0 radical (unpaired) electrons. The molecule has 1 saturated heterocycles. The lowest BCUT2D eigenvalue weighted by Gasteiger charge is -2.37. The highest BCUT2D eigenvalue weighted by Gasteiger charge is 2.32. The molecule has 1 amide bonds. The second-order valence-corrected chi connectivity index (χ2v) is 6.46. The number of piperidine rings is 1. The van der Waals surface area contributed by atoms with Gasteiger partial charge in [0.1, 0.15) is 5.60 Å². The topological polar surface area (TPSA) is 55.8 Å². The van der Waals surface area contributed by atoms with Gasteiger partial charge < -0.3 is 14.4 Å². The minimum absolute atomic E-state index is 0.143. The lowest BCUT2D eigenvalue weighted by molar-refractivity contribution is -0.145. The first-order valence-electron chi connectivity index (χ1n) is 7.36. The van der Waals surface area contributed by atoms with Gasteiger partial charge in [-0.1, -0.05) is 6.92 Å². The maximum atomic E-state index is 12.0. The van der Waals surface area contributed by atoms with E-state index in [9.17, 15) is 9.59 Å². The van der Waals surface area contributed by atoms with Crippen LogP contribution in [0.4, 0.5) is 4.79 Å². The van der Waals surface area contributed by atoms with Crippen molar-refractivity contribution in [2.45, 2.75) is 53.1 Å². The molecule has 1 aliphatic heterocycles. The SMILES string of the molecule is CCOC(=O)CC1CCN(C(=O)OC(C)(C)C)CC1C. The largest absolute Gasteiger partial charge is 0.466 e. The minimum atomic E-state index is -0.470. The zero-order chi connectivity index (χ0) is 15.3. The Morgan fingerprint density at radius 1 is 1.30 bits per heavy atom. The highest BCUT2D eigenvalue weighted by Crippen LogP contribution is 2.27. The van der Waals surface area contributed by atoms with Crippen molar-refractivity contribution in [3.05, 3.63) is 0 Å². The Morgan fingerprint density at radius 3 is 2.45 bits per heavy atom. The van der Waals surface area contributed by atoms with Crippen molar-refractivity contribution < 1.29 is 19.1 Å². The summed E-state index contributed by atoms with van der Waals surface area (Å²) in [5.41, 5.74) is -0.470. The fourth-order valence-electron chi connectivity index (χ4n) is 2.42. The van der Waals surface area contributed by atoms with Gasteiger partial charge in [0, 0.05) is 19.5 Å². The Kier molecular flexibility index (Phi) is 5.84. The van der Waals surface area contributed by atoms with Crippen LogP contribution in [-0.4, -0.2) is 42.3 Å². The van der Waals surface area contributed by atoms with Crippen molar-refractivity contribution in [1.29, 1.82) is 0 Å². The average molecular weight is 285 g/mol. The lowest BCUT2D eigenvalue weighted by atomic mass is 9.84. The summed E-state index contributed by atoms with van der Waals surface area (Å²) >= 11 is 0. The first-order chi connectivity index (χ1) is 9.23. The number of ether oxygens (including phenoxy) is 2. The van der Waals surface area contributed by atoms with Gasteiger partial charge in [-0.15, -0.1) is 0 Å². The van der Waals surface area contributed by atoms with Crippen molar-refractivity contribution in [3.8, 4) is 0 Å². The molecule has 0 aromatic rings. The maximum absolute atomic E-state index is 12.0. The normalized spacial score (nSPS) is 23.4. The molecule has 1 heterocycles. The summed E-state index contributed by atoms with van der Waals surface area (Å²) < 4.78 is 10.4. The molecule has 1 rings (SSSR count). The molecule has 0 bridgehead atoms. The van der Waals surface area contributed by atoms with E-state index < -0.39 is 5.60 Å². The zero-order valence-electron chi connectivity index (χ0n) is 13.3. The van der Waals surface area contributed by atoms with E-state index in [1.807, 2.05) is 27.7 Å². The minimum Gasteiger partial charge on any atom is -0.466 e. The third-order valence-corrected chi connectivity index (χ3v) is 3.47. The summed E-state index contributed by atoms with van der Waals surface area (Å²) in [6, 6.07) is 0. The third-order valence-electron chi connectivity index (χ3n) is 3.47. The van der Waals surface area contributed by atoms with E-state index in [0.717, 1.165) is 6.42 Å². The van der Waals surface area contributed by atoms with Crippen molar-refractivity contribution in [1.82, 2.24) is 4.90 Å². The quantitative estimate of drug-likeness (QED) is 0.748. The fraction of sp³-hybridized carbons (Fsp3) is 0.867. The van der Waals surface area contributed by atoms with Gasteiger partial charge in [-0.05, 0) is 46.0 Å². The van der Waals surface area contributed by atoms with Crippen molar-refractivity contribution >= 4 is 12.1 Å². The number of carbonyl (C=O) groups excluding carboxylic acids is 2. The van der Waals surface area contributed by atoms with Crippen LogP contribution in [0.1, 0.15) is 47.5 Å². The Hall–Kier alpha value is -1.26. The molecule has 20 heavy (non-hydrogen) atoms. The van der Waals surface area contributed by atoms with Gasteiger partial charge in [0.25, 0.3) is 0 Å². The standard InChI is InChI=1S/C15H27NO4/c1-6-19-13(17)9-12-7-8-16(10-11(12)2)14(18)20-15(3,4)5/h11-12H,6-10H2,1-5H3. The number of amides is 1. The van der Waals surface area contributed by atoms with Crippen LogP contribution >= 0.6 is 0 Å². The molecular formula is C15H27NO4. The number of likely N-dealkylation sites (tertiary alicyclic amines) is 1. The smallest absolute Gasteiger partial charge is 0.410 e. The van der Waals surface area contributed by atoms with Crippen LogP contribution in [0.2, 0.25) is 0 Å². The van der Waals surface area contributed by atoms with Gasteiger partial charge in [-0.2, -0.15) is 0 Å². The molecule has 1 aliphatic rings. The third kappa shape index (κ3) is 5.39. The van der Waals surface area contributed by atoms with Crippen LogP contribution in [0.3, 0.4) is 0 Å². The first-order valence-corrected chi connectivity index (χ1v) is 7.36. The molecule has 0 aromatic heterocycles. The number of esters is 1. The fourth-order valence-corrected chi connectivity index (χ4v) is 2.42. The average Bonchev–Trinajstić information content (AvgIpc) is 2.29. The van der Waals surface area contributed by atoms with Gasteiger partial charge in [0.2, 0.25) is 0 Å². The van der Waals surface area contributed by atoms with Crippen LogP contribution in [0.5, 0.6) is 0 Å². The second-order valence-electron chi connectivity index (χ2n) is 6.46. The van der Waals surface area contributed by atoms with Gasteiger partial charge in [0.05, 0.1) is 6.61 Å². The first kappa shape index (κ1) is 16.8. The van der Waals surface area contributed by atoms with Crippen LogP contribution in [0, 0.1) is 11.8 Å². The Morgan fingerprint density at radius 2 is 1.95 bits per heavy atom. The zero-order valence-corrected chi connectivity index (χ0v) is 13.3. The van der Waals surface area contributed by atoms with Gasteiger partial charge in [0.15, 0.2) is 0 Å². The van der Waals surface area contributed by atoms with Gasteiger partial charge in [-0.3, -0.25) is 4.79 Å². The van der Waals surface area contributed by atoms with E-state index in [4.69, 9.17) is 9.47 Å². The van der Waals surface area contributed by atoms with Crippen molar-refractivity contribution in [3.63, 3.8) is 0 Å². The van der Waals surface area contributed by atoms with Crippen LogP contribution in [0.25, 0.3) is 0 Å². The Balaban J connectivity index is 2.46. The predicted octanol–water partition coefficient (Wildman–Crippen LogP) is 2.83. The molecule has 5 heteroatoms. The van der Waals surface area contributed by atoms with E-state index in [1.165, 1.54) is 0 Å². The molecule has 2 atom stereocenters. The highest BCUT2D eigenvalue weighted by atomic mass is 16.6. The molecule has 0 aromatic carbocycles. The van der Waals surface area contributed by atoms with Crippen LogP contribution < -0.4 is 0 Å². The number of hydrogen-bond acceptors (Lipinski definition) is 4. The molecule has 0 N–H and O–H groups in total. The molecule has 0 saturated carbocycles. The molecule has 0 spiro atoms. The summed E-state index contributed by atoms with van der Waals surface area (Å²) in [5, 5.41) is 0. The predicted molar refractivity (Wildman–Crippen MR) is 76.3 cm³/mol. The number of nitrogens with zero attached hydrogens (tertiary/aromatic N) is 1. The molecule has 0 aliphatic carbocycles. The van der Waals surface area contributed by atoms with Gasteiger partial charge in [-0.25, -0.2) is 4.79 Å². The summed E-state index contributed by atoms with van der Waals surface area (Å²) in [5.74, 6) is 0.420. The summed E-state index contributed by atoms with van der Waals surface area (Å²) in [7, 11) is 0. The Bertz CT molecular complexity index is 348. The molecule has 116 valence electrons. The second kappa shape index (κ2) is 6.95. The number of carbonyl (C=O) groups is 2. The number of hydrogen-bond donors (Lipinski definition) is 0. The van der Waals surface area contributed by atoms with E-state index in [2.05, 4.69) is 6.92 Å². The highest BCUT2D eigenvalue weighted by molar-refractivity contribution is 5.70. The monoisotopic (exact) mass is 285 g/mol. The summed E-state index contributed by atoms with van der Waals surface area (Å²) in [6.07, 6.45) is 0.995. The van der Waals surface area contributed by atoms with E-state index >= 15 is 0 Å². The molecule has 5 nitrogen and oxygen atoms in total. The van der Waals surface area contributed by atoms with E-state index in [0.29, 0.717) is 26.1 Å². The number of rotatable bonds is 3. The van der Waals surface area contributed by atoms with E-state index in [-0.39, 0.29) is 23.9 Å². The Labute approximate surface area is 121 Å². The van der Waals surface area contributed by atoms with Gasteiger partial charge >= 0.3 is 12.1 Å². The molecule has 1 fully saturated rings. The van der Waals surface area contributed by atoms with Crippen molar-refractivity contribution in [2.24, 2.45) is 11.8 Å². The van der Waals surface area contributed by atoms with E-state index in [1.54, 1.807) is 4.90 Å². The van der Waals surface area contributed by atoms with Crippen molar-refractivity contribution in [2.75, 3.05) is 19.7 Å². The molecule has 2 unspecified atom stereocenters. The van der Waals surface area contributed by atoms with Crippen LogP contribution in [-0.2, 0) is 14.3 Å². The maximum Gasteiger partial charge on any atom is 0.410 e. The molecular weight excluding hydrogens is 258 g/mol. The van der Waals surface area contributed by atoms with Crippen LogP contribution in [0.15, 0.2) is 0 Å².